The third kappa shape index (κ3) is 5.90. The number of alkyl halides is 6. The summed E-state index contributed by atoms with van der Waals surface area (Å²) < 4.78 is 95.6. The van der Waals surface area contributed by atoms with Crippen molar-refractivity contribution in [3.05, 3.63) is 82.9 Å². The minimum Gasteiger partial charge on any atom is -0.493 e. The van der Waals surface area contributed by atoms with E-state index in [1.54, 1.807) is 36.4 Å². The Balaban J connectivity index is 1.74. The van der Waals surface area contributed by atoms with Crippen LogP contribution in [0.4, 0.5) is 26.3 Å². The van der Waals surface area contributed by atoms with E-state index in [9.17, 15) is 31.1 Å². The molecule has 1 N–H and O–H groups in total. The summed E-state index contributed by atoms with van der Waals surface area (Å²) in [4.78, 5) is 17.9. The van der Waals surface area contributed by atoms with E-state index in [4.69, 9.17) is 14.2 Å². The van der Waals surface area contributed by atoms with Crippen LogP contribution in [-0.2, 0) is 18.9 Å². The first-order chi connectivity index (χ1) is 18.8. The van der Waals surface area contributed by atoms with Gasteiger partial charge in [0.05, 0.1) is 49.2 Å². The predicted molar refractivity (Wildman–Crippen MR) is 134 cm³/mol. The van der Waals surface area contributed by atoms with Crippen LogP contribution in [0.5, 0.6) is 17.2 Å². The van der Waals surface area contributed by atoms with Crippen LogP contribution in [0.25, 0.3) is 22.2 Å². The molecular weight excluding hydrogens is 542 g/mol. The third-order valence-electron chi connectivity index (χ3n) is 6.02. The maximum absolute atomic E-state index is 13.3. The number of rotatable bonds is 7. The number of halogens is 6. The van der Waals surface area contributed by atoms with Crippen molar-refractivity contribution in [3.63, 3.8) is 0 Å². The number of hydrogen-bond acceptors (Lipinski definition) is 5. The van der Waals surface area contributed by atoms with E-state index < -0.39 is 35.9 Å². The van der Waals surface area contributed by atoms with Crippen molar-refractivity contribution in [1.29, 1.82) is 0 Å². The van der Waals surface area contributed by atoms with Crippen LogP contribution in [0.15, 0.2) is 60.7 Å². The number of pyridine rings is 1. The monoisotopic (exact) mass is 564 g/mol. The van der Waals surface area contributed by atoms with Crippen LogP contribution < -0.4 is 19.5 Å². The van der Waals surface area contributed by atoms with E-state index in [1.165, 1.54) is 27.4 Å². The molecule has 6 nitrogen and oxygen atoms in total. The second-order valence-corrected chi connectivity index (χ2v) is 8.58. The summed E-state index contributed by atoms with van der Waals surface area (Å²) in [5.74, 6) is 0.288. The predicted octanol–water partition coefficient (Wildman–Crippen LogP) is 6.90. The second-order valence-electron chi connectivity index (χ2n) is 8.58. The van der Waals surface area contributed by atoms with Crippen LogP contribution in [0.1, 0.15) is 27.0 Å². The Morgan fingerprint density at radius 1 is 0.800 bits per heavy atom. The summed E-state index contributed by atoms with van der Waals surface area (Å²) in [6, 6.07) is 12.6. The average molecular weight is 564 g/mol. The highest BCUT2D eigenvalue weighted by Crippen LogP contribution is 2.41. The standard InChI is InChI=1S/C28H22F6N2O4/c1-38-23-10-16(11-24(39-2)25(23)40-3)22-13-20(19-6-4-5-7-21(19)36-22)26(37)35-14-15-8-17(27(29,30)31)12-18(9-15)28(32,33)34/h4-13H,14H2,1-3H3,(H,35,37). The molecule has 4 aromatic rings. The maximum atomic E-state index is 13.3. The summed E-state index contributed by atoms with van der Waals surface area (Å²) in [5, 5.41) is 2.86. The van der Waals surface area contributed by atoms with Gasteiger partial charge in [-0.05, 0) is 48.0 Å². The quantitative estimate of drug-likeness (QED) is 0.248. The zero-order chi connectivity index (χ0) is 29.2. The molecular formula is C28H22F6N2O4. The van der Waals surface area contributed by atoms with E-state index >= 15 is 0 Å². The minimum absolute atomic E-state index is 0.0331. The fourth-order valence-electron chi connectivity index (χ4n) is 4.14. The summed E-state index contributed by atoms with van der Waals surface area (Å²) in [6.07, 6.45) is -10.0. The minimum atomic E-state index is -5.00. The topological polar surface area (TPSA) is 69.7 Å². The largest absolute Gasteiger partial charge is 0.493 e. The van der Waals surface area contributed by atoms with E-state index in [2.05, 4.69) is 10.3 Å². The van der Waals surface area contributed by atoms with Gasteiger partial charge < -0.3 is 19.5 Å². The number of carbonyl (C=O) groups excluding carboxylic acids is 1. The first kappa shape index (κ1) is 28.5. The molecule has 4 rings (SSSR count). The number of nitrogens with zero attached hydrogens (tertiary/aromatic N) is 1. The number of aromatic nitrogens is 1. The van der Waals surface area contributed by atoms with Gasteiger partial charge in [-0.15, -0.1) is 0 Å². The van der Waals surface area contributed by atoms with Gasteiger partial charge in [-0.1, -0.05) is 18.2 Å². The van der Waals surface area contributed by atoms with Crippen molar-refractivity contribution in [2.24, 2.45) is 0 Å². The third-order valence-corrected chi connectivity index (χ3v) is 6.02. The normalized spacial score (nSPS) is 11.8. The Hall–Kier alpha value is -4.48. The summed E-state index contributed by atoms with van der Waals surface area (Å²) in [5.41, 5.74) is -1.92. The van der Waals surface area contributed by atoms with Gasteiger partial charge in [-0.2, -0.15) is 26.3 Å². The highest BCUT2D eigenvalue weighted by atomic mass is 19.4. The number of para-hydroxylation sites is 1. The molecule has 1 heterocycles. The Morgan fingerprint density at radius 2 is 1.38 bits per heavy atom. The van der Waals surface area contributed by atoms with Crippen molar-refractivity contribution in [2.75, 3.05) is 21.3 Å². The van der Waals surface area contributed by atoms with Gasteiger partial charge in [0.15, 0.2) is 11.5 Å². The number of hydrogen-bond donors (Lipinski definition) is 1. The molecule has 1 aromatic heterocycles. The molecule has 0 atom stereocenters. The lowest BCUT2D eigenvalue weighted by Crippen LogP contribution is -2.24. The van der Waals surface area contributed by atoms with Crippen molar-refractivity contribution in [3.8, 4) is 28.5 Å². The number of ether oxygens (including phenoxy) is 3. The molecule has 210 valence electrons. The summed E-state index contributed by atoms with van der Waals surface area (Å²) in [6.45, 7) is -0.581. The van der Waals surface area contributed by atoms with Gasteiger partial charge in [0, 0.05) is 17.5 Å². The van der Waals surface area contributed by atoms with Crippen LogP contribution in [0, 0.1) is 0 Å². The second kappa shape index (κ2) is 10.9. The first-order valence-electron chi connectivity index (χ1n) is 11.6. The molecule has 0 saturated heterocycles. The van der Waals surface area contributed by atoms with Crippen LogP contribution in [0.2, 0.25) is 0 Å². The van der Waals surface area contributed by atoms with Gasteiger partial charge in [0.25, 0.3) is 5.91 Å². The smallest absolute Gasteiger partial charge is 0.416 e. The number of methoxy groups -OCH3 is 3. The fourth-order valence-corrected chi connectivity index (χ4v) is 4.14. The number of amides is 1. The first-order valence-corrected chi connectivity index (χ1v) is 11.6. The molecule has 0 aliphatic heterocycles. The number of fused-ring (bicyclic) bond motifs is 1. The lowest BCUT2D eigenvalue weighted by Gasteiger charge is -2.16. The molecule has 0 fully saturated rings. The molecule has 0 spiro atoms. The number of benzene rings is 3. The molecule has 12 heteroatoms. The van der Waals surface area contributed by atoms with Gasteiger partial charge in [0.1, 0.15) is 0 Å². The van der Waals surface area contributed by atoms with Gasteiger partial charge in [-0.25, -0.2) is 4.98 Å². The molecule has 0 saturated carbocycles. The zero-order valence-electron chi connectivity index (χ0n) is 21.3. The van der Waals surface area contributed by atoms with Crippen molar-refractivity contribution in [2.45, 2.75) is 18.9 Å². The molecule has 0 bridgehead atoms. The SMILES string of the molecule is COc1cc(-c2cc(C(=O)NCc3cc(C(F)(F)F)cc(C(F)(F)F)c3)c3ccccc3n2)cc(OC)c1OC. The van der Waals surface area contributed by atoms with Gasteiger partial charge >= 0.3 is 12.4 Å². The van der Waals surface area contributed by atoms with E-state index in [0.29, 0.717) is 51.5 Å². The maximum Gasteiger partial charge on any atom is 0.416 e. The van der Waals surface area contributed by atoms with Crippen LogP contribution in [-0.4, -0.2) is 32.2 Å². The lowest BCUT2D eigenvalue weighted by atomic mass is 10.0. The van der Waals surface area contributed by atoms with Crippen LogP contribution in [0.3, 0.4) is 0 Å². The van der Waals surface area contributed by atoms with Gasteiger partial charge in [-0.3, -0.25) is 4.79 Å². The Bertz CT molecular complexity index is 1510. The molecule has 40 heavy (non-hydrogen) atoms. The summed E-state index contributed by atoms with van der Waals surface area (Å²) in [7, 11) is 4.32. The van der Waals surface area contributed by atoms with E-state index in [-0.39, 0.29) is 17.2 Å². The Morgan fingerprint density at radius 3 is 1.90 bits per heavy atom. The van der Waals surface area contributed by atoms with Crippen molar-refractivity contribution >= 4 is 16.8 Å². The van der Waals surface area contributed by atoms with Gasteiger partial charge in [0.2, 0.25) is 5.75 Å². The molecule has 0 unspecified atom stereocenters. The highest BCUT2D eigenvalue weighted by Gasteiger charge is 2.37. The fraction of sp³-hybridized carbons (Fsp3) is 0.214. The molecule has 0 aliphatic rings. The van der Waals surface area contributed by atoms with E-state index in [0.717, 1.165) is 0 Å². The molecule has 1 amide bonds. The Kier molecular flexibility index (Phi) is 7.81. The Labute approximate surface area is 224 Å². The highest BCUT2D eigenvalue weighted by molar-refractivity contribution is 6.07. The van der Waals surface area contributed by atoms with Crippen molar-refractivity contribution < 1.29 is 45.3 Å². The molecule has 0 aliphatic carbocycles. The van der Waals surface area contributed by atoms with Crippen LogP contribution >= 0.6 is 0 Å². The molecule has 3 aromatic carbocycles. The molecule has 0 radical (unpaired) electrons. The summed E-state index contributed by atoms with van der Waals surface area (Å²) >= 11 is 0. The lowest BCUT2D eigenvalue weighted by molar-refractivity contribution is -0.143. The average Bonchev–Trinajstić information content (AvgIpc) is 2.93. The zero-order valence-corrected chi connectivity index (χ0v) is 21.3. The van der Waals surface area contributed by atoms with Crippen molar-refractivity contribution in [1.82, 2.24) is 10.3 Å². The van der Waals surface area contributed by atoms with E-state index in [1.807, 2.05) is 0 Å². The number of carbonyl (C=O) groups is 1. The number of nitrogens with one attached hydrogen (secondary N) is 1.